The van der Waals surface area contributed by atoms with Crippen LogP contribution in [0.2, 0.25) is 0 Å². The van der Waals surface area contributed by atoms with Crippen LogP contribution in [0.4, 0.5) is 5.69 Å². The molecule has 1 atom stereocenters. The summed E-state index contributed by atoms with van der Waals surface area (Å²) in [4.78, 5) is 14.5. The Morgan fingerprint density at radius 1 is 1.33 bits per heavy atom. The third-order valence-electron chi connectivity index (χ3n) is 4.38. The second kappa shape index (κ2) is 7.46. The van der Waals surface area contributed by atoms with Gasteiger partial charge in [-0.2, -0.15) is 0 Å². The van der Waals surface area contributed by atoms with Gasteiger partial charge in [-0.1, -0.05) is 19.1 Å². The van der Waals surface area contributed by atoms with Gasteiger partial charge in [0.1, 0.15) is 0 Å². The number of hydrogen-bond acceptors (Lipinski definition) is 3. The summed E-state index contributed by atoms with van der Waals surface area (Å²) < 4.78 is 0. The Balaban J connectivity index is 1.72. The molecular formula is C17H27N3O. The van der Waals surface area contributed by atoms with E-state index in [0.717, 1.165) is 36.8 Å². The van der Waals surface area contributed by atoms with E-state index < -0.39 is 0 Å². The highest BCUT2D eigenvalue weighted by Crippen LogP contribution is 2.17. The van der Waals surface area contributed by atoms with Gasteiger partial charge in [-0.15, -0.1) is 0 Å². The van der Waals surface area contributed by atoms with Crippen LogP contribution < -0.4 is 11.1 Å². The number of nitrogens with one attached hydrogen (secondary N) is 1. The van der Waals surface area contributed by atoms with Gasteiger partial charge in [0.05, 0.1) is 6.42 Å². The van der Waals surface area contributed by atoms with E-state index in [0.29, 0.717) is 12.5 Å². The highest BCUT2D eigenvalue weighted by molar-refractivity contribution is 5.78. The number of nitrogens with zero attached hydrogens (tertiary/aromatic N) is 1. The maximum absolute atomic E-state index is 12.0. The highest BCUT2D eigenvalue weighted by Gasteiger charge is 2.20. The van der Waals surface area contributed by atoms with Crippen LogP contribution in [-0.4, -0.2) is 36.5 Å². The van der Waals surface area contributed by atoms with E-state index in [1.54, 1.807) is 0 Å². The van der Waals surface area contributed by atoms with E-state index in [-0.39, 0.29) is 5.91 Å². The molecule has 1 fully saturated rings. The Morgan fingerprint density at radius 3 is 2.57 bits per heavy atom. The summed E-state index contributed by atoms with van der Waals surface area (Å²) in [6.07, 6.45) is 2.96. The molecule has 3 N–H and O–H groups in total. The zero-order valence-electron chi connectivity index (χ0n) is 13.1. The lowest BCUT2D eigenvalue weighted by Gasteiger charge is -2.35. The Hall–Kier alpha value is -1.55. The van der Waals surface area contributed by atoms with Crippen LogP contribution in [0.5, 0.6) is 0 Å². The van der Waals surface area contributed by atoms with Gasteiger partial charge in [0.25, 0.3) is 0 Å². The molecule has 0 radical (unpaired) electrons. The predicted molar refractivity (Wildman–Crippen MR) is 87.0 cm³/mol. The Kier molecular flexibility index (Phi) is 5.62. The first-order valence-corrected chi connectivity index (χ1v) is 7.89. The average molecular weight is 289 g/mol. The van der Waals surface area contributed by atoms with Gasteiger partial charge in [-0.3, -0.25) is 9.69 Å². The summed E-state index contributed by atoms with van der Waals surface area (Å²) in [6, 6.07) is 7.89. The lowest BCUT2D eigenvalue weighted by Crippen LogP contribution is -2.45. The van der Waals surface area contributed by atoms with E-state index in [4.69, 9.17) is 5.73 Å². The van der Waals surface area contributed by atoms with Gasteiger partial charge in [-0.05, 0) is 56.5 Å². The molecule has 1 heterocycles. The number of piperidine rings is 1. The normalized spacial score (nSPS) is 18.4. The van der Waals surface area contributed by atoms with Crippen molar-refractivity contribution in [3.63, 3.8) is 0 Å². The van der Waals surface area contributed by atoms with Gasteiger partial charge < -0.3 is 11.1 Å². The number of carbonyl (C=O) groups is 1. The lowest BCUT2D eigenvalue weighted by atomic mass is 9.98. The smallest absolute Gasteiger partial charge is 0.224 e. The SMILES string of the molecule is CC1CCN(C(C)CNC(=O)Cc2ccc(N)cc2)CC1. The number of nitrogens with two attached hydrogens (primary N) is 1. The lowest BCUT2D eigenvalue weighted by molar-refractivity contribution is -0.120. The molecule has 1 aliphatic rings. The second-order valence-corrected chi connectivity index (χ2v) is 6.29. The average Bonchev–Trinajstić information content (AvgIpc) is 2.48. The molecular weight excluding hydrogens is 262 g/mol. The molecule has 1 unspecified atom stereocenters. The fourth-order valence-electron chi connectivity index (χ4n) is 2.74. The molecule has 1 saturated heterocycles. The molecule has 1 aliphatic heterocycles. The summed E-state index contributed by atoms with van der Waals surface area (Å²) in [5.74, 6) is 0.922. The Morgan fingerprint density at radius 2 is 1.95 bits per heavy atom. The molecule has 4 heteroatoms. The zero-order valence-corrected chi connectivity index (χ0v) is 13.1. The number of amides is 1. The predicted octanol–water partition coefficient (Wildman–Crippen LogP) is 2.05. The third-order valence-corrected chi connectivity index (χ3v) is 4.38. The van der Waals surface area contributed by atoms with Crippen LogP contribution in [0.3, 0.4) is 0 Å². The first kappa shape index (κ1) is 15.8. The molecule has 0 bridgehead atoms. The van der Waals surface area contributed by atoms with E-state index in [9.17, 15) is 4.79 Å². The minimum Gasteiger partial charge on any atom is -0.399 e. The van der Waals surface area contributed by atoms with Gasteiger partial charge in [-0.25, -0.2) is 0 Å². The summed E-state index contributed by atoms with van der Waals surface area (Å²) in [5, 5.41) is 3.04. The van der Waals surface area contributed by atoms with E-state index >= 15 is 0 Å². The number of nitrogen functional groups attached to an aromatic ring is 1. The van der Waals surface area contributed by atoms with Crippen molar-refractivity contribution in [3.05, 3.63) is 29.8 Å². The minimum absolute atomic E-state index is 0.0806. The van der Waals surface area contributed by atoms with Gasteiger partial charge in [0, 0.05) is 18.3 Å². The van der Waals surface area contributed by atoms with Crippen LogP contribution in [-0.2, 0) is 11.2 Å². The molecule has 4 nitrogen and oxygen atoms in total. The summed E-state index contributed by atoms with van der Waals surface area (Å²) in [7, 11) is 0. The number of benzene rings is 1. The van der Waals surface area contributed by atoms with Gasteiger partial charge >= 0.3 is 0 Å². The van der Waals surface area contributed by atoms with Crippen LogP contribution in [0, 0.1) is 5.92 Å². The fourth-order valence-corrected chi connectivity index (χ4v) is 2.74. The van der Waals surface area contributed by atoms with Crippen LogP contribution in [0.25, 0.3) is 0 Å². The molecule has 0 saturated carbocycles. The molecule has 0 aliphatic carbocycles. The van der Waals surface area contributed by atoms with Gasteiger partial charge in [0.15, 0.2) is 0 Å². The molecule has 0 aromatic heterocycles. The van der Waals surface area contributed by atoms with Crippen molar-refractivity contribution in [3.8, 4) is 0 Å². The van der Waals surface area contributed by atoms with Crippen molar-refractivity contribution < 1.29 is 4.79 Å². The monoisotopic (exact) mass is 289 g/mol. The number of likely N-dealkylation sites (tertiary alicyclic amines) is 1. The number of rotatable bonds is 5. The Bertz CT molecular complexity index is 450. The highest BCUT2D eigenvalue weighted by atomic mass is 16.1. The van der Waals surface area contributed by atoms with Crippen LogP contribution >= 0.6 is 0 Å². The standard InChI is InChI=1S/C17H27N3O/c1-13-7-9-20(10-8-13)14(2)12-19-17(21)11-15-3-5-16(18)6-4-15/h3-6,13-14H,7-12,18H2,1-2H3,(H,19,21). The van der Waals surface area contributed by atoms with Crippen LogP contribution in [0.15, 0.2) is 24.3 Å². The molecule has 1 aromatic carbocycles. The maximum Gasteiger partial charge on any atom is 0.224 e. The Labute approximate surface area is 127 Å². The molecule has 21 heavy (non-hydrogen) atoms. The largest absolute Gasteiger partial charge is 0.399 e. The summed E-state index contributed by atoms with van der Waals surface area (Å²) >= 11 is 0. The number of carbonyl (C=O) groups excluding carboxylic acids is 1. The number of hydrogen-bond donors (Lipinski definition) is 2. The van der Waals surface area contributed by atoms with Crippen molar-refractivity contribution in [2.45, 2.75) is 39.2 Å². The first-order valence-electron chi connectivity index (χ1n) is 7.89. The summed E-state index contributed by atoms with van der Waals surface area (Å²) in [6.45, 7) is 7.53. The second-order valence-electron chi connectivity index (χ2n) is 6.29. The first-order chi connectivity index (χ1) is 10.0. The van der Waals surface area contributed by atoms with Crippen molar-refractivity contribution in [2.75, 3.05) is 25.4 Å². The molecule has 0 spiro atoms. The van der Waals surface area contributed by atoms with Gasteiger partial charge in [0.2, 0.25) is 5.91 Å². The van der Waals surface area contributed by atoms with E-state index in [1.165, 1.54) is 12.8 Å². The van der Waals surface area contributed by atoms with Crippen molar-refractivity contribution in [1.82, 2.24) is 10.2 Å². The van der Waals surface area contributed by atoms with Crippen LogP contribution in [0.1, 0.15) is 32.3 Å². The van der Waals surface area contributed by atoms with Crippen molar-refractivity contribution in [1.29, 1.82) is 0 Å². The van der Waals surface area contributed by atoms with E-state index in [1.807, 2.05) is 24.3 Å². The summed E-state index contributed by atoms with van der Waals surface area (Å²) in [5.41, 5.74) is 7.37. The molecule has 1 aromatic rings. The quantitative estimate of drug-likeness (QED) is 0.816. The third kappa shape index (κ3) is 5.05. The van der Waals surface area contributed by atoms with Crippen molar-refractivity contribution >= 4 is 11.6 Å². The number of anilines is 1. The molecule has 116 valence electrons. The molecule has 1 amide bonds. The topological polar surface area (TPSA) is 58.4 Å². The minimum atomic E-state index is 0.0806. The van der Waals surface area contributed by atoms with E-state index in [2.05, 4.69) is 24.1 Å². The van der Waals surface area contributed by atoms with Crippen molar-refractivity contribution in [2.24, 2.45) is 5.92 Å². The zero-order chi connectivity index (χ0) is 15.2. The fraction of sp³-hybridized carbons (Fsp3) is 0.588. The molecule has 2 rings (SSSR count). The maximum atomic E-state index is 12.0.